The minimum Gasteiger partial charge on any atom is -0.325 e. The third kappa shape index (κ3) is 5.69. The van der Waals surface area contributed by atoms with Gasteiger partial charge in [0.2, 0.25) is 5.91 Å². The first-order valence-corrected chi connectivity index (χ1v) is 11.4. The highest BCUT2D eigenvalue weighted by molar-refractivity contribution is 7.09. The minimum atomic E-state index is -0.0405. The van der Waals surface area contributed by atoms with Crippen LogP contribution in [-0.2, 0) is 24.3 Å². The first-order valence-electron chi connectivity index (χ1n) is 10.5. The molecule has 1 N–H and O–H groups in total. The van der Waals surface area contributed by atoms with Crippen molar-refractivity contribution >= 4 is 22.9 Å². The van der Waals surface area contributed by atoms with E-state index in [2.05, 4.69) is 33.5 Å². The van der Waals surface area contributed by atoms with Crippen molar-refractivity contribution in [2.24, 2.45) is 0 Å². The molecule has 0 bridgehead atoms. The number of para-hydroxylation sites is 1. The molecular weight excluding hydrogens is 418 g/mol. The molecule has 0 saturated heterocycles. The monoisotopic (exact) mass is 445 g/mol. The van der Waals surface area contributed by atoms with Gasteiger partial charge in [0.25, 0.3) is 0 Å². The molecule has 0 atom stereocenters. The Kier molecular flexibility index (Phi) is 6.78. The second-order valence-corrected chi connectivity index (χ2v) is 9.02. The van der Waals surface area contributed by atoms with E-state index in [-0.39, 0.29) is 12.3 Å². The van der Waals surface area contributed by atoms with Crippen molar-refractivity contribution in [1.29, 1.82) is 0 Å². The summed E-state index contributed by atoms with van der Waals surface area (Å²) in [6, 6.07) is 16.1. The fourth-order valence-corrected chi connectivity index (χ4v) is 4.30. The Bertz CT molecular complexity index is 1200. The minimum absolute atomic E-state index is 0.0405. The van der Waals surface area contributed by atoms with Gasteiger partial charge in [-0.25, -0.2) is 9.67 Å². The average molecular weight is 446 g/mol. The summed E-state index contributed by atoms with van der Waals surface area (Å²) in [4.78, 5) is 19.3. The van der Waals surface area contributed by atoms with Gasteiger partial charge in [0.1, 0.15) is 5.01 Å². The zero-order chi connectivity index (χ0) is 22.5. The number of aromatic nitrogens is 3. The number of benzene rings is 2. The molecule has 0 aliphatic carbocycles. The van der Waals surface area contributed by atoms with E-state index >= 15 is 0 Å². The van der Waals surface area contributed by atoms with Crippen LogP contribution in [-0.4, -0.2) is 32.6 Å². The first kappa shape index (κ1) is 21.9. The molecule has 2 aromatic heterocycles. The van der Waals surface area contributed by atoms with E-state index in [0.29, 0.717) is 6.54 Å². The van der Waals surface area contributed by atoms with Crippen molar-refractivity contribution in [1.82, 2.24) is 19.7 Å². The molecule has 0 saturated carbocycles. The lowest BCUT2D eigenvalue weighted by Crippen LogP contribution is -2.18. The van der Waals surface area contributed by atoms with Crippen LogP contribution in [0.3, 0.4) is 0 Å². The summed E-state index contributed by atoms with van der Waals surface area (Å²) in [6.45, 7) is 5.50. The molecule has 0 unspecified atom stereocenters. The number of rotatable bonds is 8. The van der Waals surface area contributed by atoms with E-state index in [4.69, 9.17) is 0 Å². The van der Waals surface area contributed by atoms with Gasteiger partial charge in [-0.2, -0.15) is 5.10 Å². The van der Waals surface area contributed by atoms with Crippen LogP contribution in [0, 0.1) is 13.8 Å². The van der Waals surface area contributed by atoms with Crippen molar-refractivity contribution in [2.75, 3.05) is 12.4 Å². The van der Waals surface area contributed by atoms with E-state index in [1.165, 1.54) is 11.3 Å². The van der Waals surface area contributed by atoms with Crippen LogP contribution in [0.15, 0.2) is 66.3 Å². The van der Waals surface area contributed by atoms with Crippen molar-refractivity contribution in [2.45, 2.75) is 33.4 Å². The van der Waals surface area contributed by atoms with Gasteiger partial charge in [0.05, 0.1) is 24.0 Å². The van der Waals surface area contributed by atoms with Gasteiger partial charge >= 0.3 is 0 Å². The molecule has 2 heterocycles. The Morgan fingerprint density at radius 1 is 1.12 bits per heavy atom. The van der Waals surface area contributed by atoms with E-state index in [9.17, 15) is 4.79 Å². The Labute approximate surface area is 192 Å². The molecule has 4 rings (SSSR count). The number of aryl methyl sites for hydroxylation is 2. The maximum absolute atomic E-state index is 12.5. The normalized spacial score (nSPS) is 11.1. The number of nitrogens with one attached hydrogen (secondary N) is 1. The number of anilines is 1. The molecule has 2 aromatic carbocycles. The lowest BCUT2D eigenvalue weighted by molar-refractivity contribution is -0.115. The molecular formula is C25H27N5OS. The highest BCUT2D eigenvalue weighted by Gasteiger charge is 2.12. The van der Waals surface area contributed by atoms with Gasteiger partial charge < -0.3 is 5.32 Å². The third-order valence-corrected chi connectivity index (χ3v) is 6.02. The number of hydrogen-bond donors (Lipinski definition) is 1. The van der Waals surface area contributed by atoms with Crippen LogP contribution >= 0.6 is 11.3 Å². The number of hydrogen-bond acceptors (Lipinski definition) is 5. The van der Waals surface area contributed by atoms with E-state index < -0.39 is 0 Å². The highest BCUT2D eigenvalue weighted by Crippen LogP contribution is 2.18. The van der Waals surface area contributed by atoms with E-state index in [0.717, 1.165) is 45.3 Å². The summed E-state index contributed by atoms with van der Waals surface area (Å²) < 4.78 is 1.89. The number of carbonyl (C=O) groups excluding carboxylic acids is 1. The lowest BCUT2D eigenvalue weighted by atomic mass is 10.1. The van der Waals surface area contributed by atoms with Crippen LogP contribution < -0.4 is 5.32 Å². The maximum atomic E-state index is 12.5. The second kappa shape index (κ2) is 9.89. The van der Waals surface area contributed by atoms with Crippen LogP contribution in [0.1, 0.15) is 27.4 Å². The summed E-state index contributed by atoms with van der Waals surface area (Å²) in [5.74, 6) is -0.0405. The number of thiazole rings is 1. The van der Waals surface area contributed by atoms with Crippen LogP contribution in [0.25, 0.3) is 5.69 Å². The Balaban J connectivity index is 1.30. The number of nitrogens with zero attached hydrogens (tertiary/aromatic N) is 4. The average Bonchev–Trinajstić information content (AvgIpc) is 3.41. The SMILES string of the molecule is Cc1ccc(C)c(NC(=O)Cc2nc(CN(C)Cc3cnn(-c4ccccc4)c3)cs2)c1. The van der Waals surface area contributed by atoms with Crippen molar-refractivity contribution in [3.8, 4) is 5.69 Å². The summed E-state index contributed by atoms with van der Waals surface area (Å²) >= 11 is 1.53. The standard InChI is InChI=1S/C25H27N5OS/c1-18-9-10-19(2)23(11-18)28-24(31)12-25-27-21(17-32-25)16-29(3)14-20-13-26-30(15-20)22-7-5-4-6-8-22/h4-11,13,15,17H,12,14,16H2,1-3H3,(H,28,31). The molecule has 1 amide bonds. The van der Waals surface area contributed by atoms with Crippen molar-refractivity contribution in [3.05, 3.63) is 93.7 Å². The third-order valence-electron chi connectivity index (χ3n) is 5.12. The van der Waals surface area contributed by atoms with Gasteiger partial charge in [-0.1, -0.05) is 30.3 Å². The molecule has 0 aliphatic heterocycles. The van der Waals surface area contributed by atoms with E-state index in [1.54, 1.807) is 0 Å². The number of carbonyl (C=O) groups is 1. The molecule has 0 radical (unpaired) electrons. The fraction of sp³-hybridized carbons (Fsp3) is 0.240. The molecule has 0 aliphatic rings. The summed E-state index contributed by atoms with van der Waals surface area (Å²) in [5, 5.41) is 10.3. The van der Waals surface area contributed by atoms with Gasteiger partial charge in [-0.15, -0.1) is 11.3 Å². The Morgan fingerprint density at radius 3 is 2.75 bits per heavy atom. The largest absolute Gasteiger partial charge is 0.325 e. The maximum Gasteiger partial charge on any atom is 0.231 e. The molecule has 0 spiro atoms. The summed E-state index contributed by atoms with van der Waals surface area (Å²) in [7, 11) is 2.06. The Morgan fingerprint density at radius 2 is 1.94 bits per heavy atom. The fourth-order valence-electron chi connectivity index (χ4n) is 3.51. The molecule has 32 heavy (non-hydrogen) atoms. The summed E-state index contributed by atoms with van der Waals surface area (Å²) in [6.07, 6.45) is 4.23. The molecule has 7 heteroatoms. The van der Waals surface area contributed by atoms with Crippen molar-refractivity contribution < 1.29 is 4.79 Å². The van der Waals surface area contributed by atoms with Gasteiger partial charge in [-0.3, -0.25) is 9.69 Å². The molecule has 0 fully saturated rings. The predicted molar refractivity (Wildman–Crippen MR) is 129 cm³/mol. The Hall–Kier alpha value is -3.29. The zero-order valence-corrected chi connectivity index (χ0v) is 19.4. The van der Waals surface area contributed by atoms with Crippen LogP contribution in [0.5, 0.6) is 0 Å². The van der Waals surface area contributed by atoms with Gasteiger partial charge in [0.15, 0.2) is 0 Å². The second-order valence-electron chi connectivity index (χ2n) is 8.08. The van der Waals surface area contributed by atoms with Crippen LogP contribution in [0.2, 0.25) is 0 Å². The number of amides is 1. The molecule has 6 nitrogen and oxygen atoms in total. The van der Waals surface area contributed by atoms with E-state index in [1.807, 2.05) is 78.6 Å². The topological polar surface area (TPSA) is 63.1 Å². The van der Waals surface area contributed by atoms with Gasteiger partial charge in [0, 0.05) is 35.9 Å². The first-order chi connectivity index (χ1) is 15.5. The summed E-state index contributed by atoms with van der Waals surface area (Å²) in [5.41, 5.74) is 6.20. The van der Waals surface area contributed by atoms with Gasteiger partial charge in [-0.05, 0) is 50.2 Å². The molecule has 164 valence electrons. The smallest absolute Gasteiger partial charge is 0.231 e. The predicted octanol–water partition coefficient (Wildman–Crippen LogP) is 4.76. The lowest BCUT2D eigenvalue weighted by Gasteiger charge is -2.13. The van der Waals surface area contributed by atoms with Crippen molar-refractivity contribution in [3.63, 3.8) is 0 Å². The highest BCUT2D eigenvalue weighted by atomic mass is 32.1. The quantitative estimate of drug-likeness (QED) is 0.425. The molecule has 4 aromatic rings. The van der Waals surface area contributed by atoms with Crippen LogP contribution in [0.4, 0.5) is 5.69 Å². The zero-order valence-electron chi connectivity index (χ0n) is 18.6.